The van der Waals surface area contributed by atoms with Gasteiger partial charge in [0.2, 0.25) is 5.09 Å². The molecule has 0 aliphatic carbocycles. The van der Waals surface area contributed by atoms with E-state index in [1.165, 1.54) is 4.31 Å². The van der Waals surface area contributed by atoms with Gasteiger partial charge in [-0.05, 0) is 63.7 Å². The van der Waals surface area contributed by atoms with Gasteiger partial charge in [0.15, 0.2) is 0 Å². The van der Waals surface area contributed by atoms with Crippen molar-refractivity contribution in [2.24, 2.45) is 0 Å². The molecule has 0 unspecified atom stereocenters. The standard InChI is InChI=1S/C19H31N3O4S/c23-15-17-6-4-9-20(17)13-16-5-3-10-21(16)14-18-7-8-19(26-18)27(24,25)22-11-1-2-12-22/h7-8,16-17,23H,1-6,9-15H2/t16-,17-/m0/s1. The molecule has 3 aliphatic rings. The van der Waals surface area contributed by atoms with Crippen molar-refractivity contribution in [3.63, 3.8) is 0 Å². The van der Waals surface area contributed by atoms with E-state index in [9.17, 15) is 13.5 Å². The van der Waals surface area contributed by atoms with E-state index < -0.39 is 10.0 Å². The lowest BCUT2D eigenvalue weighted by Gasteiger charge is -2.30. The van der Waals surface area contributed by atoms with Crippen LogP contribution in [0.4, 0.5) is 0 Å². The quantitative estimate of drug-likeness (QED) is 0.751. The number of nitrogens with zero attached hydrogens (tertiary/aromatic N) is 3. The monoisotopic (exact) mass is 397 g/mol. The Kier molecular flexibility index (Phi) is 5.89. The van der Waals surface area contributed by atoms with Gasteiger partial charge in [0.25, 0.3) is 10.0 Å². The maximum Gasteiger partial charge on any atom is 0.276 e. The number of aliphatic hydroxyl groups is 1. The first-order valence-electron chi connectivity index (χ1n) is 10.3. The molecule has 0 spiro atoms. The second kappa shape index (κ2) is 8.21. The lowest BCUT2D eigenvalue weighted by molar-refractivity contribution is 0.116. The van der Waals surface area contributed by atoms with Crippen LogP contribution in [0.3, 0.4) is 0 Å². The molecule has 0 amide bonds. The van der Waals surface area contributed by atoms with Crippen LogP contribution in [-0.4, -0.2) is 79.0 Å². The Bertz CT molecular complexity index is 729. The normalized spacial score (nSPS) is 28.5. The first kappa shape index (κ1) is 19.4. The van der Waals surface area contributed by atoms with E-state index in [0.29, 0.717) is 31.7 Å². The fraction of sp³-hybridized carbons (Fsp3) is 0.789. The van der Waals surface area contributed by atoms with Crippen LogP contribution in [0.1, 0.15) is 44.3 Å². The number of hydrogen-bond acceptors (Lipinski definition) is 6. The number of sulfonamides is 1. The number of furan rings is 1. The van der Waals surface area contributed by atoms with Gasteiger partial charge < -0.3 is 9.52 Å². The number of likely N-dealkylation sites (tertiary alicyclic amines) is 2. The summed E-state index contributed by atoms with van der Waals surface area (Å²) in [6, 6.07) is 4.16. The zero-order chi connectivity index (χ0) is 18.9. The highest BCUT2D eigenvalue weighted by atomic mass is 32.2. The van der Waals surface area contributed by atoms with E-state index in [1.807, 2.05) is 6.07 Å². The van der Waals surface area contributed by atoms with Gasteiger partial charge in [-0.3, -0.25) is 9.80 Å². The van der Waals surface area contributed by atoms with E-state index in [0.717, 1.165) is 63.9 Å². The average Bonchev–Trinajstić information content (AvgIpc) is 3.45. The van der Waals surface area contributed by atoms with Crippen molar-refractivity contribution in [3.8, 4) is 0 Å². The summed E-state index contributed by atoms with van der Waals surface area (Å²) in [6.07, 6.45) is 6.39. The zero-order valence-corrected chi connectivity index (χ0v) is 16.7. The second-order valence-electron chi connectivity index (χ2n) is 8.07. The molecule has 3 saturated heterocycles. The number of aliphatic hydroxyl groups excluding tert-OH is 1. The van der Waals surface area contributed by atoms with Crippen LogP contribution in [0.15, 0.2) is 21.6 Å². The van der Waals surface area contributed by atoms with Crippen molar-refractivity contribution in [3.05, 3.63) is 17.9 Å². The van der Waals surface area contributed by atoms with E-state index in [-0.39, 0.29) is 11.7 Å². The van der Waals surface area contributed by atoms with Crippen molar-refractivity contribution >= 4 is 10.0 Å². The predicted molar refractivity (Wildman–Crippen MR) is 102 cm³/mol. The van der Waals surface area contributed by atoms with Gasteiger partial charge >= 0.3 is 0 Å². The van der Waals surface area contributed by atoms with Gasteiger partial charge in [0.1, 0.15) is 5.76 Å². The molecule has 1 aromatic rings. The Hall–Kier alpha value is -0.930. The van der Waals surface area contributed by atoms with Gasteiger partial charge in [-0.2, -0.15) is 4.31 Å². The molecule has 8 heteroatoms. The van der Waals surface area contributed by atoms with Gasteiger partial charge in [0, 0.05) is 31.7 Å². The summed E-state index contributed by atoms with van der Waals surface area (Å²) in [5.41, 5.74) is 0. The number of rotatable bonds is 7. The minimum Gasteiger partial charge on any atom is -0.447 e. The molecule has 0 saturated carbocycles. The molecule has 4 rings (SSSR count). The third kappa shape index (κ3) is 4.10. The summed E-state index contributed by atoms with van der Waals surface area (Å²) >= 11 is 0. The Morgan fingerprint density at radius 1 is 0.963 bits per heavy atom. The van der Waals surface area contributed by atoms with Crippen LogP contribution < -0.4 is 0 Å². The van der Waals surface area contributed by atoms with Gasteiger partial charge in [-0.15, -0.1) is 0 Å². The van der Waals surface area contributed by atoms with E-state index in [1.54, 1.807) is 6.07 Å². The lowest BCUT2D eigenvalue weighted by Crippen LogP contribution is -2.43. The molecule has 1 aromatic heterocycles. The summed E-state index contributed by atoms with van der Waals surface area (Å²) in [4.78, 5) is 4.81. The predicted octanol–water partition coefficient (Wildman–Crippen LogP) is 1.49. The van der Waals surface area contributed by atoms with E-state index in [2.05, 4.69) is 9.80 Å². The van der Waals surface area contributed by atoms with Crippen molar-refractivity contribution in [2.75, 3.05) is 39.3 Å². The summed E-state index contributed by atoms with van der Waals surface area (Å²) < 4.78 is 32.6. The Labute approximate surface area is 162 Å². The molecule has 1 N–H and O–H groups in total. The maximum absolute atomic E-state index is 12.6. The van der Waals surface area contributed by atoms with Gasteiger partial charge in [-0.25, -0.2) is 8.42 Å². The van der Waals surface area contributed by atoms with Crippen LogP contribution in [-0.2, 0) is 16.6 Å². The third-order valence-electron chi connectivity index (χ3n) is 6.31. The van der Waals surface area contributed by atoms with E-state index in [4.69, 9.17) is 4.42 Å². The molecule has 3 fully saturated rings. The van der Waals surface area contributed by atoms with Crippen LogP contribution in [0.2, 0.25) is 0 Å². The highest BCUT2D eigenvalue weighted by Gasteiger charge is 2.33. The lowest BCUT2D eigenvalue weighted by atomic mass is 10.2. The van der Waals surface area contributed by atoms with Crippen LogP contribution in [0.5, 0.6) is 0 Å². The Balaban J connectivity index is 1.39. The fourth-order valence-electron chi connectivity index (χ4n) is 4.76. The van der Waals surface area contributed by atoms with Crippen LogP contribution in [0.25, 0.3) is 0 Å². The maximum atomic E-state index is 12.6. The molecule has 4 heterocycles. The Morgan fingerprint density at radius 2 is 1.67 bits per heavy atom. The first-order chi connectivity index (χ1) is 13.1. The van der Waals surface area contributed by atoms with Crippen molar-refractivity contribution < 1.29 is 17.9 Å². The van der Waals surface area contributed by atoms with Crippen molar-refractivity contribution in [2.45, 2.75) is 62.2 Å². The molecule has 3 aliphatic heterocycles. The van der Waals surface area contributed by atoms with E-state index >= 15 is 0 Å². The fourth-order valence-corrected chi connectivity index (χ4v) is 6.21. The van der Waals surface area contributed by atoms with Crippen molar-refractivity contribution in [1.29, 1.82) is 0 Å². The van der Waals surface area contributed by atoms with Crippen LogP contribution in [0, 0.1) is 0 Å². The number of hydrogen-bond donors (Lipinski definition) is 1. The van der Waals surface area contributed by atoms with Gasteiger partial charge in [0.05, 0.1) is 13.2 Å². The van der Waals surface area contributed by atoms with Crippen molar-refractivity contribution in [1.82, 2.24) is 14.1 Å². The summed E-state index contributed by atoms with van der Waals surface area (Å²) in [6.45, 7) is 5.12. The Morgan fingerprint density at radius 3 is 2.41 bits per heavy atom. The summed E-state index contributed by atoms with van der Waals surface area (Å²) in [5, 5.41) is 9.63. The summed E-state index contributed by atoms with van der Waals surface area (Å²) in [7, 11) is -3.48. The molecule has 152 valence electrons. The zero-order valence-electron chi connectivity index (χ0n) is 15.9. The molecular formula is C19H31N3O4S. The largest absolute Gasteiger partial charge is 0.447 e. The average molecular weight is 398 g/mol. The highest BCUT2D eigenvalue weighted by molar-refractivity contribution is 7.89. The molecule has 0 bridgehead atoms. The third-order valence-corrected chi connectivity index (χ3v) is 8.08. The molecule has 7 nitrogen and oxygen atoms in total. The molecular weight excluding hydrogens is 366 g/mol. The minimum atomic E-state index is -3.48. The summed E-state index contributed by atoms with van der Waals surface area (Å²) in [5.74, 6) is 0.722. The highest BCUT2D eigenvalue weighted by Crippen LogP contribution is 2.27. The molecule has 2 atom stereocenters. The smallest absolute Gasteiger partial charge is 0.276 e. The first-order valence-corrected chi connectivity index (χ1v) is 11.7. The molecule has 27 heavy (non-hydrogen) atoms. The van der Waals surface area contributed by atoms with Crippen LogP contribution >= 0.6 is 0 Å². The second-order valence-corrected chi connectivity index (χ2v) is 9.94. The van der Waals surface area contributed by atoms with Gasteiger partial charge in [-0.1, -0.05) is 0 Å². The molecule has 0 aromatic carbocycles. The molecule has 0 radical (unpaired) electrons. The SMILES string of the molecule is O=S(=O)(c1ccc(CN2CCC[C@H]2CN2CCC[C@H]2CO)o1)N1CCCC1. The topological polar surface area (TPSA) is 77.2 Å². The minimum absolute atomic E-state index is 0.0787.